The largest absolute Gasteiger partial charge is 1.00 e. The van der Waals surface area contributed by atoms with Gasteiger partial charge in [0.2, 0.25) is 0 Å². The summed E-state index contributed by atoms with van der Waals surface area (Å²) in [5, 5.41) is 0.150. The van der Waals surface area contributed by atoms with Crippen LogP contribution in [-0.2, 0) is 15.5 Å². The topological polar surface area (TPSA) is 49.4 Å². The monoisotopic (exact) mass is 246 g/mol. The first kappa shape index (κ1) is 17.7. The van der Waals surface area contributed by atoms with E-state index >= 15 is 0 Å². The molecule has 0 bridgehead atoms. The van der Waals surface area contributed by atoms with Crippen molar-refractivity contribution in [2.45, 2.75) is 38.9 Å². The van der Waals surface area contributed by atoms with Crippen molar-refractivity contribution in [1.29, 1.82) is 0 Å². The Kier molecular flexibility index (Phi) is 8.56. The molecule has 0 fully saturated rings. The van der Waals surface area contributed by atoms with Crippen molar-refractivity contribution in [1.82, 2.24) is 0 Å². The van der Waals surface area contributed by atoms with Gasteiger partial charge < -0.3 is 8.98 Å². The predicted octanol–water partition coefficient (Wildman–Crippen LogP) is -1.11. The SMILES string of the molecule is CC(C)(C)[Si](C)(C)OCCS(=O)[O-].[Na+]. The summed E-state index contributed by atoms with van der Waals surface area (Å²) in [4.78, 5) is 0. The van der Waals surface area contributed by atoms with Crippen LogP contribution in [0, 0.1) is 0 Å². The van der Waals surface area contributed by atoms with Crippen LogP contribution in [0.2, 0.25) is 18.1 Å². The Bertz CT molecular complexity index is 192. The summed E-state index contributed by atoms with van der Waals surface area (Å²) in [6, 6.07) is 0. The molecule has 6 heteroatoms. The molecular formula is C8H19NaO3SSi. The van der Waals surface area contributed by atoms with Gasteiger partial charge in [0.15, 0.2) is 8.32 Å². The zero-order valence-electron chi connectivity index (χ0n) is 10.0. The van der Waals surface area contributed by atoms with Crippen LogP contribution in [0.3, 0.4) is 0 Å². The molecule has 14 heavy (non-hydrogen) atoms. The van der Waals surface area contributed by atoms with Crippen LogP contribution in [0.5, 0.6) is 0 Å². The van der Waals surface area contributed by atoms with Gasteiger partial charge in [-0.2, -0.15) is 0 Å². The average Bonchev–Trinajstić information content (AvgIpc) is 1.82. The predicted molar refractivity (Wildman–Crippen MR) is 56.9 cm³/mol. The van der Waals surface area contributed by atoms with Gasteiger partial charge in [-0.1, -0.05) is 31.9 Å². The summed E-state index contributed by atoms with van der Waals surface area (Å²) in [5.41, 5.74) is 0. The Morgan fingerprint density at radius 3 is 2.07 bits per heavy atom. The Labute approximate surface area is 113 Å². The van der Waals surface area contributed by atoms with Gasteiger partial charge in [0, 0.05) is 12.4 Å². The van der Waals surface area contributed by atoms with Gasteiger partial charge >= 0.3 is 29.6 Å². The summed E-state index contributed by atoms with van der Waals surface area (Å²) >= 11 is -1.98. The summed E-state index contributed by atoms with van der Waals surface area (Å²) < 4.78 is 26.2. The summed E-state index contributed by atoms with van der Waals surface area (Å²) in [5.74, 6) is 0.104. The second kappa shape index (κ2) is 6.78. The summed E-state index contributed by atoms with van der Waals surface area (Å²) in [7, 11) is -1.75. The van der Waals surface area contributed by atoms with E-state index in [1.165, 1.54) is 0 Å². The molecule has 0 aromatic heterocycles. The van der Waals surface area contributed by atoms with E-state index in [1.54, 1.807) is 0 Å². The van der Waals surface area contributed by atoms with Crippen molar-refractivity contribution in [3.63, 3.8) is 0 Å². The van der Waals surface area contributed by atoms with Crippen LogP contribution in [0.4, 0.5) is 0 Å². The fraction of sp³-hybridized carbons (Fsp3) is 1.00. The molecule has 0 aliphatic rings. The van der Waals surface area contributed by atoms with E-state index in [-0.39, 0.29) is 40.3 Å². The molecule has 0 rings (SSSR count). The maximum Gasteiger partial charge on any atom is 1.00 e. The molecule has 0 aromatic carbocycles. The Morgan fingerprint density at radius 2 is 1.79 bits per heavy atom. The molecule has 0 aliphatic carbocycles. The van der Waals surface area contributed by atoms with E-state index in [2.05, 4.69) is 33.9 Å². The third kappa shape index (κ3) is 6.71. The quantitative estimate of drug-likeness (QED) is 0.467. The van der Waals surface area contributed by atoms with Gasteiger partial charge in [-0.3, -0.25) is 4.21 Å². The first-order valence-electron chi connectivity index (χ1n) is 4.36. The van der Waals surface area contributed by atoms with Crippen molar-refractivity contribution in [2.75, 3.05) is 12.4 Å². The molecule has 3 nitrogen and oxygen atoms in total. The molecule has 1 unspecified atom stereocenters. The maximum absolute atomic E-state index is 10.3. The standard InChI is InChI=1S/C8H20O3SSi.Na/c1-8(2,3)13(4,5)11-6-7-12(9)10;/h6-7H2,1-5H3,(H,9,10);/q;+1/p-1. The second-order valence-corrected chi connectivity index (χ2v) is 10.4. The van der Waals surface area contributed by atoms with Crippen LogP contribution in [-0.4, -0.2) is 29.4 Å². The third-order valence-corrected chi connectivity index (χ3v) is 7.56. The molecule has 0 heterocycles. The molecular weight excluding hydrogens is 227 g/mol. The van der Waals surface area contributed by atoms with Crippen LogP contribution in [0.15, 0.2) is 0 Å². The molecule has 0 aliphatic heterocycles. The van der Waals surface area contributed by atoms with Gasteiger partial charge in [-0.15, -0.1) is 0 Å². The summed E-state index contributed by atoms with van der Waals surface area (Å²) in [6.45, 7) is 10.9. The van der Waals surface area contributed by atoms with E-state index < -0.39 is 19.4 Å². The minimum absolute atomic E-state index is 0. The van der Waals surface area contributed by atoms with Gasteiger partial charge in [0.25, 0.3) is 0 Å². The van der Waals surface area contributed by atoms with E-state index in [9.17, 15) is 8.76 Å². The van der Waals surface area contributed by atoms with E-state index in [1.807, 2.05) is 0 Å². The average molecular weight is 246 g/mol. The first-order valence-corrected chi connectivity index (χ1v) is 8.52. The van der Waals surface area contributed by atoms with Crippen LogP contribution in [0.1, 0.15) is 20.8 Å². The Balaban J connectivity index is 0. The van der Waals surface area contributed by atoms with Gasteiger partial charge in [-0.05, 0) is 18.1 Å². The van der Waals surface area contributed by atoms with Crippen molar-refractivity contribution in [3.8, 4) is 0 Å². The molecule has 0 radical (unpaired) electrons. The minimum Gasteiger partial charge on any atom is -0.772 e. The first-order chi connectivity index (χ1) is 5.67. The molecule has 0 saturated carbocycles. The van der Waals surface area contributed by atoms with Crippen molar-refractivity contribution in [2.24, 2.45) is 0 Å². The fourth-order valence-electron chi connectivity index (χ4n) is 0.581. The number of rotatable bonds is 4. The molecule has 0 aromatic rings. The summed E-state index contributed by atoms with van der Waals surface area (Å²) in [6.07, 6.45) is 0. The Hall–Kier alpha value is 1.29. The fourth-order valence-corrected chi connectivity index (χ4v) is 1.99. The second-order valence-electron chi connectivity index (χ2n) is 4.62. The van der Waals surface area contributed by atoms with Gasteiger partial charge in [0.05, 0.1) is 0 Å². The van der Waals surface area contributed by atoms with Crippen LogP contribution < -0.4 is 29.6 Å². The van der Waals surface area contributed by atoms with Gasteiger partial charge in [0.1, 0.15) is 0 Å². The third-order valence-electron chi connectivity index (χ3n) is 2.52. The number of hydrogen-bond donors (Lipinski definition) is 0. The molecule has 0 N–H and O–H groups in total. The van der Waals surface area contributed by atoms with E-state index in [0.29, 0.717) is 6.61 Å². The van der Waals surface area contributed by atoms with Crippen LogP contribution in [0.25, 0.3) is 0 Å². The maximum atomic E-state index is 10.3. The van der Waals surface area contributed by atoms with Crippen LogP contribution >= 0.6 is 0 Å². The zero-order valence-corrected chi connectivity index (χ0v) is 13.9. The van der Waals surface area contributed by atoms with E-state index in [4.69, 9.17) is 4.43 Å². The molecule has 0 spiro atoms. The molecule has 0 saturated heterocycles. The van der Waals surface area contributed by atoms with Gasteiger partial charge in [-0.25, -0.2) is 0 Å². The number of hydrogen-bond acceptors (Lipinski definition) is 3. The van der Waals surface area contributed by atoms with Crippen molar-refractivity contribution < 1.29 is 42.7 Å². The van der Waals surface area contributed by atoms with Crippen molar-refractivity contribution >= 4 is 19.4 Å². The smallest absolute Gasteiger partial charge is 0.772 e. The Morgan fingerprint density at radius 1 is 1.36 bits per heavy atom. The molecule has 80 valence electrons. The van der Waals surface area contributed by atoms with Crippen molar-refractivity contribution in [3.05, 3.63) is 0 Å². The normalized spacial score (nSPS) is 14.7. The molecule has 0 amide bonds. The zero-order chi connectivity index (χ0) is 10.7. The van der Waals surface area contributed by atoms with E-state index in [0.717, 1.165) is 0 Å². The molecule has 1 atom stereocenters. The minimum atomic E-state index is -1.98.